The molecule has 5 aromatic rings. The number of carbonyl (C=O) groups excluding carboxylic acids is 6. The van der Waals surface area contributed by atoms with Gasteiger partial charge in [0.25, 0.3) is 0 Å². The molecule has 0 bridgehead atoms. The molecule has 7 rings (SSSR count). The van der Waals surface area contributed by atoms with Crippen LogP contribution in [0.1, 0.15) is 112 Å². The molecule has 0 saturated heterocycles. The summed E-state index contributed by atoms with van der Waals surface area (Å²) in [6, 6.07) is 18.2. The highest BCUT2D eigenvalue weighted by atomic mass is 32.2. The second-order valence-electron chi connectivity index (χ2n) is 19.5. The second kappa shape index (κ2) is 28.9. The van der Waals surface area contributed by atoms with Gasteiger partial charge in [-0.15, -0.1) is 23.1 Å². The first-order valence-electron chi connectivity index (χ1n) is 26.5. The van der Waals surface area contributed by atoms with Gasteiger partial charge >= 0.3 is 12.1 Å². The van der Waals surface area contributed by atoms with Crippen LogP contribution in [0.2, 0.25) is 0 Å². The van der Waals surface area contributed by atoms with E-state index in [4.69, 9.17) is 16.2 Å². The van der Waals surface area contributed by atoms with E-state index in [1.807, 2.05) is 55.5 Å². The number of hydrogen-bond donors (Lipinski definition) is 8. The molecule has 0 saturated carbocycles. The lowest BCUT2D eigenvalue weighted by Gasteiger charge is -2.25. The fraction of sp³-hybridized carbons (Fsp3) is 0.446. The first-order valence-corrected chi connectivity index (χ1v) is 28.3. The molecule has 4 amide bonds. The Morgan fingerprint density at radius 2 is 1.55 bits per heavy atom. The number of aromatic nitrogens is 3. The number of imidazole rings is 1. The summed E-state index contributed by atoms with van der Waals surface area (Å²) in [6.45, 7) is 4.36. The summed E-state index contributed by atoms with van der Waals surface area (Å²) < 4.78 is 6.61. The Hall–Kier alpha value is -7.30. The predicted octanol–water partition coefficient (Wildman–Crippen LogP) is 6.67. The number of aliphatic carboxylic acids is 1. The number of unbranched alkanes of at least 4 members (excludes halogenated alkanes) is 2. The summed E-state index contributed by atoms with van der Waals surface area (Å²) in [6.07, 6.45) is 5.45. The number of thioether (sulfide) groups is 1. The number of amides is 4. The van der Waals surface area contributed by atoms with Gasteiger partial charge in [0.15, 0.2) is 17.6 Å². The third-order valence-electron chi connectivity index (χ3n) is 13.8. The molecular weight excluding hydrogens is 1030 g/mol. The van der Waals surface area contributed by atoms with Gasteiger partial charge < -0.3 is 47.6 Å². The van der Waals surface area contributed by atoms with E-state index in [1.54, 1.807) is 24.4 Å². The van der Waals surface area contributed by atoms with Crippen LogP contribution >= 0.6 is 23.1 Å². The van der Waals surface area contributed by atoms with Crippen molar-refractivity contribution in [2.45, 2.75) is 115 Å². The zero-order valence-electron chi connectivity index (χ0n) is 44.0. The van der Waals surface area contributed by atoms with Crippen molar-refractivity contribution in [3.63, 3.8) is 0 Å². The monoisotopic (exact) mass is 1100 g/mol. The molecule has 414 valence electrons. The number of thiazole rings is 1. The van der Waals surface area contributed by atoms with Crippen molar-refractivity contribution in [2.75, 3.05) is 37.3 Å². The number of aromatic amines is 1. The van der Waals surface area contributed by atoms with Crippen LogP contribution in [0.3, 0.4) is 0 Å². The number of anilines is 1. The number of benzene rings is 3. The van der Waals surface area contributed by atoms with E-state index in [-0.39, 0.29) is 56.3 Å². The zero-order chi connectivity index (χ0) is 55.6. The highest BCUT2D eigenvalue weighted by Gasteiger charge is 2.34. The Morgan fingerprint density at radius 3 is 2.22 bits per heavy atom. The molecule has 3 aromatic carbocycles. The Balaban J connectivity index is 1.07. The van der Waals surface area contributed by atoms with Crippen molar-refractivity contribution in [3.8, 4) is 11.1 Å². The SMILES string of the molecule is CCC(N)=NCCC[C@H](NC(=O)OCC1c2ccccc2-c2ccccc21)C(=O)C[C@@H](Cc1cnc[nH]1)C(=O)N[C@@H](CCCCNC(C)=O)C(=O)C[C@@H](CCCCN)C(=O)Nc1ccc2nc(C3=N[C@@H](C(=O)O)CS3)sc2c1. The fourth-order valence-electron chi connectivity index (χ4n) is 9.57. The predicted molar refractivity (Wildman–Crippen MR) is 303 cm³/mol. The Kier molecular flexibility index (Phi) is 21.6. The standard InChI is InChI=1S/C56H69N11O9S2/c1-3-50(58)61-24-12-19-44(67-56(75)76-30-42-40-16-6-4-14-38(40)39-15-5-7-17-41(39)42)48(70)27-35(25-37-29-59-32-62-37)52(72)64-43(18-9-11-23-60-33(2)68)47(69)26-34(13-8-10-22-57)51(71)63-36-20-21-45-49(28-36)78-54(65-45)53-66-46(31-77-53)55(73)74/h4-7,14-17,20-21,28-29,32,34-35,42-44,46H,3,8-13,18-19,22-27,30-31,57H2,1-2H3,(H2,58,61)(H,59,62)(H,60,68)(H,63,71)(H,64,72)(H,67,75)(H,73,74)/t34-,35-,43+,44+,46-/m1/s1. The van der Waals surface area contributed by atoms with E-state index in [0.29, 0.717) is 103 Å². The van der Waals surface area contributed by atoms with Crippen molar-refractivity contribution >= 4 is 91.2 Å². The fourth-order valence-corrected chi connectivity index (χ4v) is 11.7. The van der Waals surface area contributed by atoms with E-state index in [1.165, 1.54) is 36.3 Å². The Morgan fingerprint density at radius 1 is 0.859 bits per heavy atom. The van der Waals surface area contributed by atoms with Crippen molar-refractivity contribution in [2.24, 2.45) is 33.3 Å². The molecule has 2 aromatic heterocycles. The molecule has 20 nitrogen and oxygen atoms in total. The molecule has 0 unspecified atom stereocenters. The number of fused-ring (bicyclic) bond motifs is 4. The van der Waals surface area contributed by atoms with Crippen LogP contribution in [-0.4, -0.2) is 122 Å². The van der Waals surface area contributed by atoms with Gasteiger partial charge in [-0.25, -0.2) is 19.6 Å². The van der Waals surface area contributed by atoms with Crippen LogP contribution in [0, 0.1) is 11.8 Å². The summed E-state index contributed by atoms with van der Waals surface area (Å²) in [5.41, 5.74) is 17.7. The molecule has 0 radical (unpaired) electrons. The van der Waals surface area contributed by atoms with Crippen molar-refractivity contribution in [1.82, 2.24) is 30.9 Å². The molecular formula is C56H69N11O9S2. The van der Waals surface area contributed by atoms with Crippen LogP contribution in [0.25, 0.3) is 21.3 Å². The highest BCUT2D eigenvalue weighted by molar-refractivity contribution is 8.15. The van der Waals surface area contributed by atoms with E-state index in [9.17, 15) is 38.7 Å². The number of amidine groups is 1. The van der Waals surface area contributed by atoms with Crippen molar-refractivity contribution < 1.29 is 43.4 Å². The van der Waals surface area contributed by atoms with E-state index in [2.05, 4.69) is 46.2 Å². The number of H-pyrrole nitrogens is 1. The molecule has 22 heteroatoms. The molecule has 10 N–H and O–H groups in total. The van der Waals surface area contributed by atoms with Crippen molar-refractivity contribution in [3.05, 3.63) is 101 Å². The number of ketones is 2. The van der Waals surface area contributed by atoms with Crippen LogP contribution in [0.5, 0.6) is 0 Å². The lowest BCUT2D eigenvalue weighted by Crippen LogP contribution is -2.47. The molecule has 1 aliphatic heterocycles. The first kappa shape index (κ1) is 58.4. The minimum atomic E-state index is -1.07. The van der Waals surface area contributed by atoms with E-state index < -0.39 is 59.6 Å². The highest BCUT2D eigenvalue weighted by Crippen LogP contribution is 2.44. The summed E-state index contributed by atoms with van der Waals surface area (Å²) in [7, 11) is 0. The average Bonchev–Trinajstić information content (AvgIpc) is 4.31. The normalized spacial score (nSPS) is 15.6. The number of carboxylic acid groups (broad SMARTS) is 1. The van der Waals surface area contributed by atoms with E-state index >= 15 is 0 Å². The maximum atomic E-state index is 14.7. The molecule has 2 aliphatic rings. The number of nitrogens with two attached hydrogens (primary N) is 2. The van der Waals surface area contributed by atoms with Gasteiger partial charge in [-0.2, -0.15) is 0 Å². The van der Waals surface area contributed by atoms with Gasteiger partial charge in [0, 0.05) is 80.9 Å². The van der Waals surface area contributed by atoms with Crippen LogP contribution in [0.15, 0.2) is 89.2 Å². The topological polar surface area (TPSA) is 315 Å². The lowest BCUT2D eigenvalue weighted by molar-refractivity contribution is -0.137. The number of aliphatic imine (C=N–C) groups is 2. The summed E-state index contributed by atoms with van der Waals surface area (Å²) in [5, 5.41) is 22.1. The average molecular weight is 1100 g/mol. The van der Waals surface area contributed by atoms with Gasteiger partial charge in [0.05, 0.1) is 40.4 Å². The number of hydrogen-bond acceptors (Lipinski definition) is 15. The largest absolute Gasteiger partial charge is 0.480 e. The summed E-state index contributed by atoms with van der Waals surface area (Å²) in [4.78, 5) is 115. The van der Waals surface area contributed by atoms with Crippen LogP contribution in [0.4, 0.5) is 10.5 Å². The molecule has 3 heterocycles. The zero-order valence-corrected chi connectivity index (χ0v) is 45.6. The second-order valence-corrected chi connectivity index (χ2v) is 21.6. The number of nitrogens with one attached hydrogen (secondary N) is 5. The third kappa shape index (κ3) is 16.4. The number of carboxylic acids is 1. The smallest absolute Gasteiger partial charge is 0.407 e. The minimum absolute atomic E-state index is 0.0252. The molecule has 78 heavy (non-hydrogen) atoms. The number of Topliss-reactive ketones (excluding diaryl/α,β-unsaturated/α-hetero) is 2. The van der Waals surface area contributed by atoms with E-state index in [0.717, 1.165) is 27.0 Å². The Bertz CT molecular complexity index is 2930. The third-order valence-corrected chi connectivity index (χ3v) is 16.0. The molecule has 5 atom stereocenters. The number of carbonyl (C=O) groups is 7. The molecule has 0 spiro atoms. The van der Waals surface area contributed by atoms with Gasteiger partial charge in [-0.05, 0) is 91.9 Å². The van der Waals surface area contributed by atoms with Crippen molar-refractivity contribution in [1.29, 1.82) is 0 Å². The minimum Gasteiger partial charge on any atom is -0.480 e. The Labute approximate surface area is 461 Å². The van der Waals surface area contributed by atoms with Gasteiger partial charge in [-0.1, -0.05) is 61.9 Å². The van der Waals surface area contributed by atoms with Gasteiger partial charge in [0.1, 0.15) is 16.7 Å². The lowest BCUT2D eigenvalue weighted by atomic mass is 9.89. The van der Waals surface area contributed by atoms with Crippen LogP contribution < -0.4 is 32.7 Å². The first-order chi connectivity index (χ1) is 37.7. The quantitative estimate of drug-likeness (QED) is 0.0131. The molecule has 1 aliphatic carbocycles. The number of nitrogens with zero attached hydrogens (tertiary/aromatic N) is 4. The number of ether oxygens (including phenoxy) is 1. The summed E-state index contributed by atoms with van der Waals surface area (Å²) in [5.74, 6) is -4.29. The summed E-state index contributed by atoms with van der Waals surface area (Å²) >= 11 is 2.66. The number of alkyl carbamates (subject to hydrolysis) is 1. The maximum Gasteiger partial charge on any atom is 0.407 e. The maximum absolute atomic E-state index is 14.7. The van der Waals surface area contributed by atoms with Gasteiger partial charge in [-0.3, -0.25) is 34.0 Å². The van der Waals surface area contributed by atoms with Gasteiger partial charge in [0.2, 0.25) is 17.7 Å². The molecule has 0 fully saturated rings. The van der Waals surface area contributed by atoms with Crippen LogP contribution in [-0.2, 0) is 39.9 Å². The number of rotatable bonds is 31.